The average molecular weight is 391 g/mol. The van der Waals surface area contributed by atoms with Crippen LogP contribution in [0.15, 0.2) is 29.3 Å². The zero-order chi connectivity index (χ0) is 13.7. The van der Waals surface area contributed by atoms with Crippen LogP contribution in [0.4, 0.5) is 4.39 Å². The van der Waals surface area contributed by atoms with Gasteiger partial charge in [-0.25, -0.2) is 4.39 Å². The van der Waals surface area contributed by atoms with Crippen molar-refractivity contribution in [1.29, 1.82) is 0 Å². The van der Waals surface area contributed by atoms with Crippen molar-refractivity contribution in [3.05, 3.63) is 35.6 Å². The zero-order valence-corrected chi connectivity index (χ0v) is 14.4. The molecule has 20 heavy (non-hydrogen) atoms. The first-order chi connectivity index (χ1) is 9.20. The molecule has 0 aromatic heterocycles. The van der Waals surface area contributed by atoms with E-state index in [2.05, 4.69) is 22.5 Å². The Morgan fingerprint density at radius 1 is 1.35 bits per heavy atom. The highest BCUT2D eigenvalue weighted by atomic mass is 127. The number of rotatable bonds is 5. The lowest BCUT2D eigenvalue weighted by molar-refractivity contribution is 0.607. The van der Waals surface area contributed by atoms with Gasteiger partial charge in [-0.3, -0.25) is 4.99 Å². The van der Waals surface area contributed by atoms with Crippen molar-refractivity contribution in [2.75, 3.05) is 20.1 Å². The van der Waals surface area contributed by atoms with Crippen LogP contribution in [0.2, 0.25) is 0 Å². The first kappa shape index (κ1) is 17.2. The Bertz CT molecular complexity index is 458. The molecule has 0 heterocycles. The van der Waals surface area contributed by atoms with Crippen LogP contribution in [0.25, 0.3) is 0 Å². The predicted octanol–water partition coefficient (Wildman–Crippen LogP) is 3.05. The number of benzene rings is 1. The van der Waals surface area contributed by atoms with Crippen molar-refractivity contribution >= 4 is 29.9 Å². The fraction of sp³-hybridized carbons (Fsp3) is 0.533. The van der Waals surface area contributed by atoms with Gasteiger partial charge >= 0.3 is 0 Å². The molecule has 0 atom stereocenters. The smallest absolute Gasteiger partial charge is 0.191 e. The van der Waals surface area contributed by atoms with E-state index < -0.39 is 0 Å². The lowest BCUT2D eigenvalue weighted by Crippen LogP contribution is -2.41. The molecule has 2 N–H and O–H groups in total. The van der Waals surface area contributed by atoms with Crippen LogP contribution in [0.1, 0.15) is 31.7 Å². The van der Waals surface area contributed by atoms with Gasteiger partial charge in [0.15, 0.2) is 5.96 Å². The van der Waals surface area contributed by atoms with Crippen molar-refractivity contribution in [2.45, 2.75) is 31.6 Å². The fourth-order valence-electron chi connectivity index (χ4n) is 2.25. The molecule has 0 bridgehead atoms. The minimum absolute atomic E-state index is 0. The third kappa shape index (κ3) is 4.33. The number of nitrogens with zero attached hydrogens (tertiary/aromatic N) is 1. The average Bonchev–Trinajstić information content (AvgIpc) is 3.20. The van der Waals surface area contributed by atoms with Crippen molar-refractivity contribution in [3.63, 3.8) is 0 Å². The van der Waals surface area contributed by atoms with E-state index in [9.17, 15) is 4.39 Å². The van der Waals surface area contributed by atoms with Crippen molar-refractivity contribution in [1.82, 2.24) is 10.6 Å². The Labute approximate surface area is 137 Å². The summed E-state index contributed by atoms with van der Waals surface area (Å²) >= 11 is 0. The molecule has 0 saturated heterocycles. The Kier molecular flexibility index (Phi) is 6.71. The van der Waals surface area contributed by atoms with Gasteiger partial charge in [-0.05, 0) is 37.0 Å². The summed E-state index contributed by atoms with van der Waals surface area (Å²) in [4.78, 5) is 4.19. The molecule has 1 saturated carbocycles. The SMILES string of the molecule is CCCNC(=NC)NCC1(c2cccc(F)c2)CC1.I. The molecule has 1 aliphatic rings. The van der Waals surface area contributed by atoms with Gasteiger partial charge in [0.1, 0.15) is 5.82 Å². The van der Waals surface area contributed by atoms with E-state index in [-0.39, 0.29) is 35.2 Å². The molecule has 1 aromatic rings. The molecule has 0 spiro atoms. The largest absolute Gasteiger partial charge is 0.356 e. The summed E-state index contributed by atoms with van der Waals surface area (Å²) in [6.45, 7) is 3.84. The minimum Gasteiger partial charge on any atom is -0.356 e. The third-order valence-electron chi connectivity index (χ3n) is 3.65. The van der Waals surface area contributed by atoms with E-state index in [1.165, 1.54) is 6.07 Å². The van der Waals surface area contributed by atoms with Crippen LogP contribution in [0.3, 0.4) is 0 Å². The van der Waals surface area contributed by atoms with E-state index in [0.29, 0.717) is 0 Å². The van der Waals surface area contributed by atoms with Crippen molar-refractivity contribution < 1.29 is 4.39 Å². The molecule has 112 valence electrons. The maximum Gasteiger partial charge on any atom is 0.191 e. The second kappa shape index (κ2) is 7.81. The molecule has 0 amide bonds. The molecule has 0 unspecified atom stereocenters. The Balaban J connectivity index is 0.00000200. The summed E-state index contributed by atoms with van der Waals surface area (Å²) < 4.78 is 13.3. The van der Waals surface area contributed by atoms with E-state index in [1.807, 2.05) is 6.07 Å². The molecule has 2 rings (SSSR count). The van der Waals surface area contributed by atoms with Crippen molar-refractivity contribution in [2.24, 2.45) is 4.99 Å². The van der Waals surface area contributed by atoms with Gasteiger partial charge in [0, 0.05) is 25.6 Å². The second-order valence-corrected chi connectivity index (χ2v) is 5.14. The van der Waals surface area contributed by atoms with Gasteiger partial charge in [-0.2, -0.15) is 0 Å². The van der Waals surface area contributed by atoms with Crippen LogP contribution >= 0.6 is 24.0 Å². The van der Waals surface area contributed by atoms with Gasteiger partial charge < -0.3 is 10.6 Å². The van der Waals surface area contributed by atoms with E-state index in [0.717, 1.165) is 43.9 Å². The van der Waals surface area contributed by atoms with Gasteiger partial charge in [-0.1, -0.05) is 19.1 Å². The van der Waals surface area contributed by atoms with E-state index in [4.69, 9.17) is 0 Å². The highest BCUT2D eigenvalue weighted by Crippen LogP contribution is 2.47. The molecule has 1 fully saturated rings. The van der Waals surface area contributed by atoms with Gasteiger partial charge in [-0.15, -0.1) is 24.0 Å². The summed E-state index contributed by atoms with van der Waals surface area (Å²) in [6, 6.07) is 6.94. The first-order valence-corrected chi connectivity index (χ1v) is 6.91. The van der Waals surface area contributed by atoms with Crippen LogP contribution in [-0.2, 0) is 5.41 Å². The van der Waals surface area contributed by atoms with Crippen LogP contribution in [0, 0.1) is 5.82 Å². The standard InChI is InChI=1S/C15H22FN3.HI/c1-3-9-18-14(17-2)19-11-15(7-8-15)12-5-4-6-13(16)10-12;/h4-6,10H,3,7-9,11H2,1-2H3,(H2,17,18,19);1H. The molecule has 3 nitrogen and oxygen atoms in total. The number of aliphatic imine (C=N–C) groups is 1. The summed E-state index contributed by atoms with van der Waals surface area (Å²) in [5, 5.41) is 6.59. The summed E-state index contributed by atoms with van der Waals surface area (Å²) in [6.07, 6.45) is 3.28. The topological polar surface area (TPSA) is 36.4 Å². The van der Waals surface area contributed by atoms with Gasteiger partial charge in [0.05, 0.1) is 0 Å². The second-order valence-electron chi connectivity index (χ2n) is 5.14. The molecule has 0 aliphatic heterocycles. The molecule has 1 aliphatic carbocycles. The maximum atomic E-state index is 13.3. The molecule has 1 aromatic carbocycles. The van der Waals surface area contributed by atoms with Gasteiger partial charge in [0.2, 0.25) is 0 Å². The quantitative estimate of drug-likeness (QED) is 0.460. The normalized spacial score (nSPS) is 16.2. The lowest BCUT2D eigenvalue weighted by atomic mass is 9.96. The van der Waals surface area contributed by atoms with E-state index in [1.54, 1.807) is 19.2 Å². The Hall–Kier alpha value is -0.850. The van der Waals surface area contributed by atoms with Crippen molar-refractivity contribution in [3.8, 4) is 0 Å². The minimum atomic E-state index is -0.155. The summed E-state index contributed by atoms with van der Waals surface area (Å²) in [5.74, 6) is 0.668. The monoisotopic (exact) mass is 391 g/mol. The molecule has 5 heteroatoms. The van der Waals surface area contributed by atoms with Gasteiger partial charge in [0.25, 0.3) is 0 Å². The number of hydrogen-bond donors (Lipinski definition) is 2. The summed E-state index contributed by atoms with van der Waals surface area (Å²) in [5.41, 5.74) is 1.18. The fourth-order valence-corrected chi connectivity index (χ4v) is 2.25. The maximum absolute atomic E-state index is 13.3. The van der Waals surface area contributed by atoms with Crippen LogP contribution in [-0.4, -0.2) is 26.1 Å². The number of halogens is 2. The lowest BCUT2D eigenvalue weighted by Gasteiger charge is -2.19. The number of guanidine groups is 1. The highest BCUT2D eigenvalue weighted by Gasteiger charge is 2.44. The molecular weight excluding hydrogens is 368 g/mol. The van der Waals surface area contributed by atoms with E-state index >= 15 is 0 Å². The summed E-state index contributed by atoms with van der Waals surface area (Å²) in [7, 11) is 1.77. The molecule has 0 radical (unpaired) electrons. The zero-order valence-electron chi connectivity index (χ0n) is 12.1. The number of nitrogens with one attached hydrogen (secondary N) is 2. The first-order valence-electron chi connectivity index (χ1n) is 6.91. The predicted molar refractivity (Wildman–Crippen MR) is 92.4 cm³/mol. The third-order valence-corrected chi connectivity index (χ3v) is 3.65. The Morgan fingerprint density at radius 2 is 2.10 bits per heavy atom. The number of hydrogen-bond acceptors (Lipinski definition) is 1. The molecular formula is C15H23FIN3. The Morgan fingerprint density at radius 3 is 2.65 bits per heavy atom. The van der Waals surface area contributed by atoms with Crippen LogP contribution in [0.5, 0.6) is 0 Å². The van der Waals surface area contributed by atoms with Crippen LogP contribution < -0.4 is 10.6 Å². The highest BCUT2D eigenvalue weighted by molar-refractivity contribution is 14.0.